The quantitative estimate of drug-likeness (QED) is 0.699. The Balaban J connectivity index is 2.38. The number of hydrogen-bond acceptors (Lipinski definition) is 3. The predicted molar refractivity (Wildman–Crippen MR) is 61.8 cm³/mol. The summed E-state index contributed by atoms with van der Waals surface area (Å²) in [5, 5.41) is 2.55. The number of carbonyl (C=O) groups excluding carboxylic acids is 2. The van der Waals surface area contributed by atoms with Crippen molar-refractivity contribution >= 4 is 23.6 Å². The van der Waals surface area contributed by atoms with Crippen LogP contribution >= 0.6 is 11.8 Å². The van der Waals surface area contributed by atoms with Gasteiger partial charge in [0.2, 0.25) is 11.8 Å². The molecular weight excluding hydrogens is 212 g/mol. The number of carbonyl (C=O) groups is 2. The van der Waals surface area contributed by atoms with E-state index in [4.69, 9.17) is 0 Å². The van der Waals surface area contributed by atoms with Gasteiger partial charge in [-0.2, -0.15) is 11.8 Å². The minimum atomic E-state index is -0.0513. The summed E-state index contributed by atoms with van der Waals surface area (Å²) < 4.78 is 0. The lowest BCUT2D eigenvalue weighted by atomic mass is 10.2. The lowest BCUT2D eigenvalue weighted by Gasteiger charge is -2.32. The van der Waals surface area contributed by atoms with Crippen LogP contribution < -0.4 is 5.32 Å². The lowest BCUT2D eigenvalue weighted by molar-refractivity contribution is -0.142. The summed E-state index contributed by atoms with van der Waals surface area (Å²) in [6.07, 6.45) is 0.956. The molecule has 0 aliphatic carbocycles. The normalized spacial score (nSPS) is 18.9. The molecule has 0 aromatic heterocycles. The Kier molecular flexibility index (Phi) is 4.94. The molecule has 1 saturated heterocycles. The minimum absolute atomic E-state index is 0.0311. The summed E-state index contributed by atoms with van der Waals surface area (Å²) in [5.41, 5.74) is 0. The summed E-state index contributed by atoms with van der Waals surface area (Å²) in [6, 6.07) is 0.169. The minimum Gasteiger partial charge on any atom is -0.345 e. The molecule has 0 radical (unpaired) electrons. The van der Waals surface area contributed by atoms with E-state index in [1.807, 2.05) is 18.7 Å². The molecule has 0 bridgehead atoms. The van der Waals surface area contributed by atoms with Crippen LogP contribution in [-0.4, -0.2) is 47.4 Å². The Morgan fingerprint density at radius 1 is 1.53 bits per heavy atom. The van der Waals surface area contributed by atoms with Crippen molar-refractivity contribution in [3.63, 3.8) is 0 Å². The second-order valence-electron chi connectivity index (χ2n) is 3.63. The fraction of sp³-hybridized carbons (Fsp3) is 0.800. The molecule has 0 spiro atoms. The maximum atomic E-state index is 11.5. The fourth-order valence-corrected chi connectivity index (χ4v) is 2.33. The van der Waals surface area contributed by atoms with Crippen molar-refractivity contribution in [2.75, 3.05) is 24.6 Å². The number of amides is 2. The molecule has 1 N–H and O–H groups in total. The molecule has 1 atom stereocenters. The zero-order valence-electron chi connectivity index (χ0n) is 9.28. The molecule has 1 fully saturated rings. The Morgan fingerprint density at radius 2 is 2.27 bits per heavy atom. The third-order valence-corrected chi connectivity index (χ3v) is 3.42. The zero-order valence-corrected chi connectivity index (χ0v) is 10.1. The van der Waals surface area contributed by atoms with E-state index in [-0.39, 0.29) is 30.9 Å². The van der Waals surface area contributed by atoms with E-state index in [1.54, 1.807) is 4.90 Å². The number of nitrogens with one attached hydrogen (secondary N) is 1. The maximum absolute atomic E-state index is 11.5. The topological polar surface area (TPSA) is 49.4 Å². The smallest absolute Gasteiger partial charge is 0.242 e. The van der Waals surface area contributed by atoms with Gasteiger partial charge in [0, 0.05) is 6.04 Å². The summed E-state index contributed by atoms with van der Waals surface area (Å²) in [6.45, 7) is 4.50. The van der Waals surface area contributed by atoms with E-state index < -0.39 is 0 Å². The van der Waals surface area contributed by atoms with Gasteiger partial charge in [-0.3, -0.25) is 9.59 Å². The van der Waals surface area contributed by atoms with Crippen LogP contribution in [0.5, 0.6) is 0 Å². The van der Waals surface area contributed by atoms with Crippen LogP contribution in [0.25, 0.3) is 0 Å². The summed E-state index contributed by atoms with van der Waals surface area (Å²) in [5.74, 6) is 2.12. The molecule has 2 amide bonds. The first-order valence-corrected chi connectivity index (χ1v) is 6.44. The van der Waals surface area contributed by atoms with Crippen LogP contribution in [0.3, 0.4) is 0 Å². The average molecular weight is 230 g/mol. The Bertz CT molecular complexity index is 246. The molecular formula is C10H18N2O2S. The van der Waals surface area contributed by atoms with E-state index in [2.05, 4.69) is 12.2 Å². The van der Waals surface area contributed by atoms with Gasteiger partial charge in [0.25, 0.3) is 0 Å². The Hall–Kier alpha value is -0.710. The molecule has 86 valence electrons. The molecule has 15 heavy (non-hydrogen) atoms. The third-order valence-electron chi connectivity index (χ3n) is 2.49. The highest BCUT2D eigenvalue weighted by Crippen LogP contribution is 2.11. The van der Waals surface area contributed by atoms with Crippen LogP contribution in [0.1, 0.15) is 20.3 Å². The van der Waals surface area contributed by atoms with Crippen molar-refractivity contribution in [2.45, 2.75) is 26.3 Å². The van der Waals surface area contributed by atoms with Crippen LogP contribution in [-0.2, 0) is 9.59 Å². The predicted octanol–water partition coefficient (Wildman–Crippen LogP) is 0.476. The highest BCUT2D eigenvalue weighted by molar-refractivity contribution is 7.99. The van der Waals surface area contributed by atoms with Crippen LogP contribution in [0.2, 0.25) is 0 Å². The van der Waals surface area contributed by atoms with E-state index >= 15 is 0 Å². The first-order valence-electron chi connectivity index (χ1n) is 5.29. The van der Waals surface area contributed by atoms with Crippen molar-refractivity contribution in [1.29, 1.82) is 0 Å². The summed E-state index contributed by atoms with van der Waals surface area (Å²) in [4.78, 5) is 24.3. The average Bonchev–Trinajstić information content (AvgIpc) is 2.22. The van der Waals surface area contributed by atoms with Crippen molar-refractivity contribution in [3.05, 3.63) is 0 Å². The molecule has 4 nitrogen and oxygen atoms in total. The summed E-state index contributed by atoms with van der Waals surface area (Å²) >= 11 is 1.86. The van der Waals surface area contributed by atoms with Crippen molar-refractivity contribution in [3.8, 4) is 0 Å². The van der Waals surface area contributed by atoms with Crippen LogP contribution in [0, 0.1) is 0 Å². The summed E-state index contributed by atoms with van der Waals surface area (Å²) in [7, 11) is 0. The standard InChI is InChI=1S/C10H18N2O2S/c1-3-15-5-4-8(2)12-7-9(13)11-6-10(12)14/h8H,3-7H2,1-2H3,(H,11,13). The van der Waals surface area contributed by atoms with Crippen LogP contribution in [0.4, 0.5) is 0 Å². The molecule has 5 heteroatoms. The van der Waals surface area contributed by atoms with E-state index in [9.17, 15) is 9.59 Å². The number of piperazine rings is 1. The molecule has 0 saturated carbocycles. The lowest BCUT2D eigenvalue weighted by Crippen LogP contribution is -2.54. The van der Waals surface area contributed by atoms with Gasteiger partial charge in [0.05, 0.1) is 13.1 Å². The van der Waals surface area contributed by atoms with E-state index in [0.29, 0.717) is 0 Å². The highest BCUT2D eigenvalue weighted by Gasteiger charge is 2.26. The van der Waals surface area contributed by atoms with Crippen LogP contribution in [0.15, 0.2) is 0 Å². The van der Waals surface area contributed by atoms with Gasteiger partial charge in [-0.1, -0.05) is 6.92 Å². The van der Waals surface area contributed by atoms with E-state index in [0.717, 1.165) is 17.9 Å². The monoisotopic (exact) mass is 230 g/mol. The second kappa shape index (κ2) is 6.00. The first kappa shape index (κ1) is 12.4. The van der Waals surface area contributed by atoms with Gasteiger partial charge in [-0.15, -0.1) is 0 Å². The van der Waals surface area contributed by atoms with Gasteiger partial charge in [-0.25, -0.2) is 0 Å². The molecule has 1 aliphatic rings. The molecule has 1 rings (SSSR count). The van der Waals surface area contributed by atoms with Crippen molar-refractivity contribution < 1.29 is 9.59 Å². The van der Waals surface area contributed by atoms with Gasteiger partial charge >= 0.3 is 0 Å². The third kappa shape index (κ3) is 3.74. The van der Waals surface area contributed by atoms with Gasteiger partial charge in [0.1, 0.15) is 0 Å². The van der Waals surface area contributed by atoms with Gasteiger partial charge < -0.3 is 10.2 Å². The molecule has 1 unspecified atom stereocenters. The molecule has 0 aromatic rings. The number of hydrogen-bond donors (Lipinski definition) is 1. The number of nitrogens with zero attached hydrogens (tertiary/aromatic N) is 1. The molecule has 0 aromatic carbocycles. The van der Waals surface area contributed by atoms with Gasteiger partial charge in [0.15, 0.2) is 0 Å². The van der Waals surface area contributed by atoms with E-state index in [1.165, 1.54) is 0 Å². The molecule has 1 aliphatic heterocycles. The van der Waals surface area contributed by atoms with Gasteiger partial charge in [-0.05, 0) is 24.9 Å². The number of thioether (sulfide) groups is 1. The number of rotatable bonds is 5. The highest BCUT2D eigenvalue weighted by atomic mass is 32.2. The maximum Gasteiger partial charge on any atom is 0.242 e. The largest absolute Gasteiger partial charge is 0.345 e. The SMILES string of the molecule is CCSCCC(C)N1CC(=O)NCC1=O. The Labute approximate surface area is 94.8 Å². The fourth-order valence-electron chi connectivity index (χ4n) is 1.53. The zero-order chi connectivity index (χ0) is 11.3. The first-order chi connectivity index (χ1) is 7.15. The second-order valence-corrected chi connectivity index (χ2v) is 5.03. The van der Waals surface area contributed by atoms with Crippen molar-refractivity contribution in [2.24, 2.45) is 0 Å². The van der Waals surface area contributed by atoms with Crippen molar-refractivity contribution in [1.82, 2.24) is 10.2 Å². The Morgan fingerprint density at radius 3 is 2.93 bits per heavy atom. The molecule has 1 heterocycles.